The third-order valence-corrected chi connectivity index (χ3v) is 4.40. The molecule has 0 aliphatic rings. The molecule has 0 saturated carbocycles. The number of rotatable bonds is 7. The van der Waals surface area contributed by atoms with Crippen molar-refractivity contribution in [3.63, 3.8) is 0 Å². The molecule has 0 fully saturated rings. The minimum absolute atomic E-state index is 0.251. The lowest BCUT2D eigenvalue weighted by molar-refractivity contribution is 0.0988. The molecule has 0 radical (unpaired) electrons. The zero-order chi connectivity index (χ0) is 15.3. The molecule has 1 aromatic carbocycles. The summed E-state index contributed by atoms with van der Waals surface area (Å²) >= 11 is 0. The van der Waals surface area contributed by atoms with E-state index in [0.29, 0.717) is 12.5 Å². The predicted molar refractivity (Wildman–Crippen MR) is 87.1 cm³/mol. The topological polar surface area (TPSA) is 32.3 Å². The Morgan fingerprint density at radius 3 is 2.00 bits per heavy atom. The van der Waals surface area contributed by atoms with Crippen LogP contribution in [0, 0.1) is 26.7 Å². The van der Waals surface area contributed by atoms with Gasteiger partial charge in [0.15, 0.2) is 0 Å². The molecule has 0 spiro atoms. The van der Waals surface area contributed by atoms with Gasteiger partial charge in [-0.15, -0.1) is 0 Å². The monoisotopic (exact) mass is 277 g/mol. The number of aliphatic hydroxyl groups excluding tert-OH is 1. The lowest BCUT2D eigenvalue weighted by Gasteiger charge is -2.25. The van der Waals surface area contributed by atoms with Crippen molar-refractivity contribution in [3.8, 4) is 0 Å². The number of aliphatic hydroxyl groups is 1. The van der Waals surface area contributed by atoms with Gasteiger partial charge in [-0.25, -0.2) is 0 Å². The molecule has 0 heterocycles. The van der Waals surface area contributed by atoms with Crippen molar-refractivity contribution in [1.29, 1.82) is 0 Å². The quantitative estimate of drug-likeness (QED) is 0.787. The Labute approximate surface area is 124 Å². The van der Waals surface area contributed by atoms with Crippen molar-refractivity contribution < 1.29 is 5.11 Å². The summed E-state index contributed by atoms with van der Waals surface area (Å²) in [6, 6.07) is 4.75. The molecule has 0 aromatic heterocycles. The molecule has 0 bridgehead atoms. The van der Waals surface area contributed by atoms with Crippen molar-refractivity contribution in [3.05, 3.63) is 34.4 Å². The molecule has 114 valence electrons. The fourth-order valence-corrected chi connectivity index (χ4v) is 3.27. The molecule has 2 unspecified atom stereocenters. The second-order valence-electron chi connectivity index (χ2n) is 6.09. The first-order valence-corrected chi connectivity index (χ1v) is 7.89. The molecular formula is C18H31NO. The molecule has 1 aromatic rings. The van der Waals surface area contributed by atoms with Crippen LogP contribution in [0.2, 0.25) is 0 Å². The van der Waals surface area contributed by atoms with Crippen molar-refractivity contribution in [2.45, 2.75) is 66.5 Å². The Bertz CT molecular complexity index is 400. The maximum atomic E-state index is 10.2. The zero-order valence-corrected chi connectivity index (χ0v) is 14.0. The molecule has 0 aliphatic carbocycles. The zero-order valence-electron chi connectivity index (χ0n) is 14.0. The first kappa shape index (κ1) is 17.2. The molecule has 0 saturated heterocycles. The van der Waals surface area contributed by atoms with Gasteiger partial charge >= 0.3 is 0 Å². The Balaban J connectivity index is 2.70. The van der Waals surface area contributed by atoms with Crippen LogP contribution in [0.4, 0.5) is 0 Å². The van der Waals surface area contributed by atoms with Crippen LogP contribution in [0.5, 0.6) is 0 Å². The summed E-state index contributed by atoms with van der Waals surface area (Å²) < 4.78 is 0. The smallest absolute Gasteiger partial charge is 0.0692 e. The number of hydrogen-bond acceptors (Lipinski definition) is 2. The van der Waals surface area contributed by atoms with Crippen molar-refractivity contribution in [2.24, 2.45) is 5.92 Å². The van der Waals surface area contributed by atoms with Gasteiger partial charge < -0.3 is 10.4 Å². The van der Waals surface area contributed by atoms with Gasteiger partial charge in [0.05, 0.1) is 6.10 Å². The minimum atomic E-state index is -0.251. The molecule has 2 atom stereocenters. The molecule has 2 N–H and O–H groups in total. The lowest BCUT2D eigenvalue weighted by atomic mass is 9.93. The van der Waals surface area contributed by atoms with Gasteiger partial charge in [0.2, 0.25) is 0 Å². The summed E-state index contributed by atoms with van der Waals surface area (Å²) in [7, 11) is 0. The van der Waals surface area contributed by atoms with Crippen LogP contribution >= 0.6 is 0 Å². The number of benzene rings is 1. The first-order valence-electron chi connectivity index (χ1n) is 7.89. The SMILES string of the molecule is CCC(CC)C(O)CNC(C)c1c(C)cc(C)cc1C. The number of hydrogen-bond donors (Lipinski definition) is 2. The Morgan fingerprint density at radius 1 is 1.05 bits per heavy atom. The second kappa shape index (κ2) is 7.80. The fourth-order valence-electron chi connectivity index (χ4n) is 3.27. The second-order valence-corrected chi connectivity index (χ2v) is 6.09. The average molecular weight is 277 g/mol. The van der Waals surface area contributed by atoms with Crippen molar-refractivity contribution >= 4 is 0 Å². The number of aryl methyl sites for hydroxylation is 3. The van der Waals surface area contributed by atoms with Crippen LogP contribution < -0.4 is 5.32 Å². The maximum absolute atomic E-state index is 10.2. The standard InChI is InChI=1S/C18H31NO/c1-7-16(8-2)17(20)11-19-15(6)18-13(4)9-12(3)10-14(18)5/h9-10,15-17,19-20H,7-8,11H2,1-6H3. The summed E-state index contributed by atoms with van der Waals surface area (Å²) in [5, 5.41) is 13.7. The highest BCUT2D eigenvalue weighted by Gasteiger charge is 2.17. The third kappa shape index (κ3) is 4.32. The third-order valence-electron chi connectivity index (χ3n) is 4.40. The van der Waals surface area contributed by atoms with E-state index in [2.05, 4.69) is 59.0 Å². The van der Waals surface area contributed by atoms with E-state index in [1.54, 1.807) is 0 Å². The van der Waals surface area contributed by atoms with Gasteiger partial charge in [-0.1, -0.05) is 44.4 Å². The Kier molecular flexibility index (Phi) is 6.70. The van der Waals surface area contributed by atoms with E-state index >= 15 is 0 Å². The number of nitrogens with one attached hydrogen (secondary N) is 1. The Hall–Kier alpha value is -0.860. The highest BCUT2D eigenvalue weighted by Crippen LogP contribution is 2.23. The summed E-state index contributed by atoms with van der Waals surface area (Å²) in [5.41, 5.74) is 5.35. The van der Waals surface area contributed by atoms with E-state index in [9.17, 15) is 5.11 Å². The van der Waals surface area contributed by atoms with E-state index in [1.807, 2.05) is 0 Å². The lowest BCUT2D eigenvalue weighted by Crippen LogP contribution is -2.34. The van der Waals surface area contributed by atoms with Crippen LogP contribution in [-0.4, -0.2) is 17.8 Å². The van der Waals surface area contributed by atoms with Crippen LogP contribution in [0.25, 0.3) is 0 Å². The van der Waals surface area contributed by atoms with Gasteiger partial charge in [0, 0.05) is 12.6 Å². The molecule has 2 nitrogen and oxygen atoms in total. The van der Waals surface area contributed by atoms with Crippen LogP contribution in [0.15, 0.2) is 12.1 Å². The minimum Gasteiger partial charge on any atom is -0.392 e. The molecule has 0 aliphatic heterocycles. The normalized spacial score (nSPS) is 14.6. The van der Waals surface area contributed by atoms with Gasteiger partial charge in [-0.2, -0.15) is 0 Å². The summed E-state index contributed by atoms with van der Waals surface area (Å²) in [4.78, 5) is 0. The van der Waals surface area contributed by atoms with E-state index in [0.717, 1.165) is 12.8 Å². The van der Waals surface area contributed by atoms with E-state index in [1.165, 1.54) is 22.3 Å². The van der Waals surface area contributed by atoms with Gasteiger partial charge in [-0.05, 0) is 50.3 Å². The molecular weight excluding hydrogens is 246 g/mol. The molecule has 1 rings (SSSR count). The fraction of sp³-hybridized carbons (Fsp3) is 0.667. The highest BCUT2D eigenvalue weighted by atomic mass is 16.3. The van der Waals surface area contributed by atoms with Gasteiger partial charge in [0.25, 0.3) is 0 Å². The average Bonchev–Trinajstić information content (AvgIpc) is 2.36. The Morgan fingerprint density at radius 2 is 1.55 bits per heavy atom. The van der Waals surface area contributed by atoms with Crippen molar-refractivity contribution in [2.75, 3.05) is 6.54 Å². The molecule has 20 heavy (non-hydrogen) atoms. The van der Waals surface area contributed by atoms with Crippen molar-refractivity contribution in [1.82, 2.24) is 5.32 Å². The maximum Gasteiger partial charge on any atom is 0.0692 e. The van der Waals surface area contributed by atoms with E-state index in [4.69, 9.17) is 0 Å². The van der Waals surface area contributed by atoms with Crippen LogP contribution in [0.3, 0.4) is 0 Å². The van der Waals surface area contributed by atoms with Gasteiger partial charge in [-0.3, -0.25) is 0 Å². The highest BCUT2D eigenvalue weighted by molar-refractivity contribution is 5.39. The van der Waals surface area contributed by atoms with Crippen LogP contribution in [0.1, 0.15) is 61.9 Å². The summed E-state index contributed by atoms with van der Waals surface area (Å²) in [5.74, 6) is 0.398. The molecule has 2 heteroatoms. The van der Waals surface area contributed by atoms with Gasteiger partial charge in [0.1, 0.15) is 0 Å². The molecule has 0 amide bonds. The summed E-state index contributed by atoms with van der Waals surface area (Å²) in [6.45, 7) is 13.6. The largest absolute Gasteiger partial charge is 0.392 e. The summed E-state index contributed by atoms with van der Waals surface area (Å²) in [6.07, 6.45) is 1.82. The van der Waals surface area contributed by atoms with Crippen LogP contribution in [-0.2, 0) is 0 Å². The van der Waals surface area contributed by atoms with E-state index < -0.39 is 0 Å². The first-order chi connectivity index (χ1) is 9.40. The predicted octanol–water partition coefficient (Wildman–Crippen LogP) is 4.06. The van der Waals surface area contributed by atoms with E-state index in [-0.39, 0.29) is 12.1 Å².